The van der Waals surface area contributed by atoms with E-state index >= 15 is 0 Å². The van der Waals surface area contributed by atoms with Crippen molar-refractivity contribution in [3.05, 3.63) is 52.0 Å². The van der Waals surface area contributed by atoms with E-state index in [-0.39, 0.29) is 30.5 Å². The molecular formula is C25H33BrCl2F3N3O4. The summed E-state index contributed by atoms with van der Waals surface area (Å²) < 4.78 is 56.1. The summed E-state index contributed by atoms with van der Waals surface area (Å²) in [4.78, 5) is 14.7. The second-order valence-corrected chi connectivity index (χ2v) is 9.09. The van der Waals surface area contributed by atoms with Crippen molar-refractivity contribution in [2.24, 2.45) is 0 Å². The molecule has 0 unspecified atom stereocenters. The van der Waals surface area contributed by atoms with Gasteiger partial charge in [0.25, 0.3) is 5.91 Å². The van der Waals surface area contributed by atoms with Crippen molar-refractivity contribution >= 4 is 52.3 Å². The van der Waals surface area contributed by atoms with Crippen LogP contribution in [0.25, 0.3) is 0 Å². The summed E-state index contributed by atoms with van der Waals surface area (Å²) >= 11 is 3.48. The van der Waals surface area contributed by atoms with E-state index in [0.29, 0.717) is 29.1 Å². The zero-order valence-electron chi connectivity index (χ0n) is 20.9. The third-order valence-corrected chi connectivity index (χ3v) is 6.04. The quantitative estimate of drug-likeness (QED) is 0.295. The molecule has 0 bridgehead atoms. The number of amides is 1. The van der Waals surface area contributed by atoms with Gasteiger partial charge in [0.2, 0.25) is 0 Å². The molecule has 0 radical (unpaired) electrons. The molecule has 1 aliphatic heterocycles. The minimum absolute atomic E-state index is 0. The van der Waals surface area contributed by atoms with Crippen molar-refractivity contribution < 1.29 is 32.2 Å². The van der Waals surface area contributed by atoms with E-state index in [1.54, 1.807) is 0 Å². The standard InChI is InChI=1S/C25H31BrF3N3O4.2ClH/c1-2-35-22-14-18(16-30-7-4-8-32-9-11-34-12-10-32)13-21(26)24(22)36-17-23(33)31-20-6-3-5-19(15-20)25(27,28)29;;/h3,5-6,13-15,30H,2,4,7-12,16-17H2,1H3,(H,31,33);2*1H. The maximum absolute atomic E-state index is 12.9. The van der Waals surface area contributed by atoms with E-state index in [2.05, 4.69) is 31.5 Å². The molecule has 3 rings (SSSR count). The van der Waals surface area contributed by atoms with Gasteiger partial charge in [0.15, 0.2) is 18.1 Å². The fourth-order valence-electron chi connectivity index (χ4n) is 3.72. The maximum atomic E-state index is 12.9. The number of halogens is 6. The summed E-state index contributed by atoms with van der Waals surface area (Å²) in [7, 11) is 0. The number of carbonyl (C=O) groups excluding carboxylic acids is 1. The van der Waals surface area contributed by atoms with Gasteiger partial charge in [-0.25, -0.2) is 0 Å². The van der Waals surface area contributed by atoms with Gasteiger partial charge >= 0.3 is 6.18 Å². The Kier molecular flexibility index (Phi) is 15.4. The van der Waals surface area contributed by atoms with E-state index < -0.39 is 24.3 Å². The van der Waals surface area contributed by atoms with Crippen molar-refractivity contribution in [3.8, 4) is 11.5 Å². The average molecular weight is 647 g/mol. The molecule has 1 amide bonds. The van der Waals surface area contributed by atoms with Crippen LogP contribution >= 0.6 is 40.7 Å². The zero-order chi connectivity index (χ0) is 26.0. The number of alkyl halides is 3. The van der Waals surface area contributed by atoms with Crippen LogP contribution in [0.5, 0.6) is 11.5 Å². The van der Waals surface area contributed by atoms with Gasteiger partial charge in [0, 0.05) is 25.3 Å². The van der Waals surface area contributed by atoms with Gasteiger partial charge in [0.05, 0.1) is 29.9 Å². The highest BCUT2D eigenvalue weighted by Crippen LogP contribution is 2.37. The van der Waals surface area contributed by atoms with Crippen molar-refractivity contribution in [2.75, 3.05) is 57.9 Å². The molecule has 2 aromatic rings. The highest BCUT2D eigenvalue weighted by Gasteiger charge is 2.30. The molecule has 0 aliphatic carbocycles. The minimum Gasteiger partial charge on any atom is -0.490 e. The molecule has 1 saturated heterocycles. The number of nitrogens with one attached hydrogen (secondary N) is 2. The number of hydrogen-bond acceptors (Lipinski definition) is 6. The van der Waals surface area contributed by atoms with Gasteiger partial charge in [-0.2, -0.15) is 13.2 Å². The summed E-state index contributed by atoms with van der Waals surface area (Å²) in [5.41, 5.74) is 0.183. The monoisotopic (exact) mass is 645 g/mol. The Morgan fingerprint density at radius 3 is 2.55 bits per heavy atom. The van der Waals surface area contributed by atoms with Gasteiger partial charge in [0.1, 0.15) is 0 Å². The molecule has 7 nitrogen and oxygen atoms in total. The number of ether oxygens (including phenoxy) is 3. The minimum atomic E-state index is -4.49. The Labute approximate surface area is 241 Å². The van der Waals surface area contributed by atoms with Crippen LogP contribution in [-0.4, -0.2) is 63.4 Å². The number of rotatable bonds is 12. The van der Waals surface area contributed by atoms with Crippen LogP contribution < -0.4 is 20.1 Å². The first-order chi connectivity index (χ1) is 17.3. The first-order valence-electron chi connectivity index (χ1n) is 11.8. The van der Waals surface area contributed by atoms with Gasteiger partial charge < -0.3 is 24.8 Å². The molecule has 0 atom stereocenters. The second kappa shape index (κ2) is 17.0. The highest BCUT2D eigenvalue weighted by molar-refractivity contribution is 9.10. The lowest BCUT2D eigenvalue weighted by molar-refractivity contribution is -0.137. The fourth-order valence-corrected chi connectivity index (χ4v) is 4.32. The van der Waals surface area contributed by atoms with Gasteiger partial charge in [-0.3, -0.25) is 9.69 Å². The van der Waals surface area contributed by atoms with Crippen LogP contribution in [0, 0.1) is 0 Å². The topological polar surface area (TPSA) is 72.1 Å². The van der Waals surface area contributed by atoms with Crippen LogP contribution in [-0.2, 0) is 22.3 Å². The van der Waals surface area contributed by atoms with E-state index in [9.17, 15) is 18.0 Å². The summed E-state index contributed by atoms with van der Waals surface area (Å²) in [5.74, 6) is 0.241. The number of hydrogen-bond donors (Lipinski definition) is 2. The smallest absolute Gasteiger partial charge is 0.416 e. The predicted octanol–water partition coefficient (Wildman–Crippen LogP) is 5.54. The summed E-state index contributed by atoms with van der Waals surface area (Å²) in [6.07, 6.45) is -3.46. The Hall–Kier alpha value is -1.76. The van der Waals surface area contributed by atoms with E-state index in [1.165, 1.54) is 12.1 Å². The van der Waals surface area contributed by atoms with Gasteiger partial charge in [-0.1, -0.05) is 6.07 Å². The van der Waals surface area contributed by atoms with Crippen LogP contribution in [0.15, 0.2) is 40.9 Å². The molecule has 0 aromatic heterocycles. The SMILES string of the molecule is CCOc1cc(CNCCCN2CCOCC2)cc(Br)c1OCC(=O)Nc1cccc(C(F)(F)F)c1.Cl.Cl. The van der Waals surface area contributed by atoms with E-state index in [1.807, 2.05) is 19.1 Å². The molecule has 38 heavy (non-hydrogen) atoms. The van der Waals surface area contributed by atoms with Crippen molar-refractivity contribution in [1.82, 2.24) is 10.2 Å². The predicted molar refractivity (Wildman–Crippen MR) is 149 cm³/mol. The van der Waals surface area contributed by atoms with Crippen LogP contribution in [0.1, 0.15) is 24.5 Å². The number of carbonyl (C=O) groups is 1. The molecular weight excluding hydrogens is 614 g/mol. The summed E-state index contributed by atoms with van der Waals surface area (Å²) in [5, 5.41) is 5.86. The number of benzene rings is 2. The van der Waals surface area contributed by atoms with Crippen LogP contribution in [0.2, 0.25) is 0 Å². The zero-order valence-corrected chi connectivity index (χ0v) is 24.2. The molecule has 13 heteroatoms. The highest BCUT2D eigenvalue weighted by atomic mass is 79.9. The number of anilines is 1. The largest absolute Gasteiger partial charge is 0.490 e. The third-order valence-electron chi connectivity index (χ3n) is 5.45. The number of nitrogens with zero attached hydrogens (tertiary/aromatic N) is 1. The Morgan fingerprint density at radius 2 is 1.87 bits per heavy atom. The number of morpholine rings is 1. The van der Waals surface area contributed by atoms with Crippen molar-refractivity contribution in [2.45, 2.75) is 26.1 Å². The molecule has 1 heterocycles. The Balaban J connectivity index is 0.00000361. The van der Waals surface area contributed by atoms with E-state index in [0.717, 1.165) is 63.5 Å². The lowest BCUT2D eigenvalue weighted by atomic mass is 10.2. The first-order valence-corrected chi connectivity index (χ1v) is 12.6. The first kappa shape index (κ1) is 34.3. The molecule has 1 fully saturated rings. The summed E-state index contributed by atoms with van der Waals surface area (Å²) in [6, 6.07) is 8.18. The van der Waals surface area contributed by atoms with Gasteiger partial charge in [-0.05, 0) is 78.3 Å². The Morgan fingerprint density at radius 1 is 1.13 bits per heavy atom. The molecule has 214 valence electrons. The fraction of sp³-hybridized carbons (Fsp3) is 0.480. The maximum Gasteiger partial charge on any atom is 0.416 e. The molecule has 1 aliphatic rings. The van der Waals surface area contributed by atoms with Crippen LogP contribution in [0.3, 0.4) is 0 Å². The average Bonchev–Trinajstić information content (AvgIpc) is 2.84. The second-order valence-electron chi connectivity index (χ2n) is 8.24. The molecule has 2 aromatic carbocycles. The third kappa shape index (κ3) is 11.2. The van der Waals surface area contributed by atoms with E-state index in [4.69, 9.17) is 14.2 Å². The van der Waals surface area contributed by atoms with Crippen LogP contribution in [0.4, 0.5) is 18.9 Å². The molecule has 0 spiro atoms. The van der Waals surface area contributed by atoms with Gasteiger partial charge in [-0.15, -0.1) is 24.8 Å². The lowest BCUT2D eigenvalue weighted by Gasteiger charge is -2.26. The Bertz CT molecular complexity index is 1010. The molecule has 2 N–H and O–H groups in total. The van der Waals surface area contributed by atoms with Crippen molar-refractivity contribution in [3.63, 3.8) is 0 Å². The normalized spacial score (nSPS) is 13.7. The lowest BCUT2D eigenvalue weighted by Crippen LogP contribution is -2.37. The summed E-state index contributed by atoms with van der Waals surface area (Å²) in [6.45, 7) is 7.92. The van der Waals surface area contributed by atoms with Crippen molar-refractivity contribution in [1.29, 1.82) is 0 Å². The molecule has 0 saturated carbocycles.